The van der Waals surface area contributed by atoms with E-state index in [1.54, 1.807) is 6.08 Å². The highest BCUT2D eigenvalue weighted by Crippen LogP contribution is 2.32. The molecule has 1 fully saturated rings. The summed E-state index contributed by atoms with van der Waals surface area (Å²) < 4.78 is 2.17. The Kier molecular flexibility index (Phi) is 4.81. The molecule has 136 valence electrons. The van der Waals surface area contributed by atoms with Crippen molar-refractivity contribution >= 4 is 51.5 Å². The molecule has 0 atom stereocenters. The van der Waals surface area contributed by atoms with Crippen molar-refractivity contribution in [3.63, 3.8) is 0 Å². The maximum absolute atomic E-state index is 11.9. The SMILES string of the molecule is CCc1cccc2c(/C=C3\SC(=O)NC3=O)cn(Cc3ccccc3Cl)c12. The number of carbonyl (C=O) groups is 2. The van der Waals surface area contributed by atoms with Gasteiger partial charge >= 0.3 is 0 Å². The number of hydrogen-bond acceptors (Lipinski definition) is 3. The highest BCUT2D eigenvalue weighted by atomic mass is 35.5. The Morgan fingerprint density at radius 1 is 1.11 bits per heavy atom. The predicted molar refractivity (Wildman–Crippen MR) is 111 cm³/mol. The lowest BCUT2D eigenvalue weighted by Gasteiger charge is -2.10. The number of rotatable bonds is 4. The van der Waals surface area contributed by atoms with E-state index in [1.807, 2.05) is 42.6 Å². The lowest BCUT2D eigenvalue weighted by Crippen LogP contribution is -2.17. The van der Waals surface area contributed by atoms with E-state index in [4.69, 9.17) is 11.6 Å². The molecule has 1 aliphatic rings. The van der Waals surface area contributed by atoms with Crippen molar-refractivity contribution in [1.82, 2.24) is 9.88 Å². The summed E-state index contributed by atoms with van der Waals surface area (Å²) in [7, 11) is 0. The molecule has 1 N–H and O–H groups in total. The third-order valence-electron chi connectivity index (χ3n) is 4.62. The Labute approximate surface area is 166 Å². The van der Waals surface area contributed by atoms with Crippen molar-refractivity contribution in [2.24, 2.45) is 0 Å². The predicted octanol–water partition coefficient (Wildman–Crippen LogP) is 5.23. The van der Waals surface area contributed by atoms with Crippen LogP contribution in [0.1, 0.15) is 23.6 Å². The smallest absolute Gasteiger partial charge is 0.290 e. The van der Waals surface area contributed by atoms with Crippen molar-refractivity contribution in [3.05, 3.63) is 75.3 Å². The van der Waals surface area contributed by atoms with Crippen molar-refractivity contribution in [2.75, 3.05) is 0 Å². The molecule has 3 aromatic rings. The summed E-state index contributed by atoms with van der Waals surface area (Å²) in [6, 6.07) is 14.0. The summed E-state index contributed by atoms with van der Waals surface area (Å²) in [6.07, 6.45) is 4.71. The van der Waals surface area contributed by atoms with E-state index in [0.717, 1.165) is 45.2 Å². The van der Waals surface area contributed by atoms with Crippen LogP contribution in [-0.2, 0) is 17.8 Å². The first-order valence-electron chi connectivity index (χ1n) is 8.66. The van der Waals surface area contributed by atoms with Gasteiger partial charge in [-0.1, -0.05) is 54.9 Å². The summed E-state index contributed by atoms with van der Waals surface area (Å²) in [4.78, 5) is 23.8. The molecule has 0 spiro atoms. The summed E-state index contributed by atoms with van der Waals surface area (Å²) in [5.74, 6) is -0.344. The first-order valence-corrected chi connectivity index (χ1v) is 9.85. The number of aryl methyl sites for hydroxylation is 1. The minimum absolute atomic E-state index is 0.333. The molecule has 0 bridgehead atoms. The van der Waals surface area contributed by atoms with Crippen molar-refractivity contribution in [3.8, 4) is 0 Å². The standard InChI is InChI=1S/C21H17ClN2O2S/c1-2-13-7-5-8-16-15(10-18-20(25)23-21(26)27-18)12-24(19(13)16)11-14-6-3-4-9-17(14)22/h3-10,12H,2,11H2,1H3,(H,23,25,26)/b18-10-. The van der Waals surface area contributed by atoms with Crippen LogP contribution in [0.5, 0.6) is 0 Å². The van der Waals surface area contributed by atoms with Crippen LogP contribution in [0.3, 0.4) is 0 Å². The molecule has 1 aliphatic heterocycles. The number of imide groups is 1. The van der Waals surface area contributed by atoms with E-state index in [1.165, 1.54) is 5.56 Å². The van der Waals surface area contributed by atoms with Gasteiger partial charge in [0.25, 0.3) is 11.1 Å². The third-order valence-corrected chi connectivity index (χ3v) is 5.80. The maximum Gasteiger partial charge on any atom is 0.290 e. The second-order valence-corrected chi connectivity index (χ2v) is 7.74. The molecule has 1 aromatic heterocycles. The van der Waals surface area contributed by atoms with Gasteiger partial charge < -0.3 is 4.57 Å². The average molecular weight is 397 g/mol. The molecule has 0 radical (unpaired) electrons. The average Bonchev–Trinajstić information content (AvgIpc) is 3.16. The second kappa shape index (κ2) is 7.25. The zero-order valence-corrected chi connectivity index (χ0v) is 16.2. The van der Waals surface area contributed by atoms with Crippen LogP contribution in [0.2, 0.25) is 5.02 Å². The fraction of sp³-hybridized carbons (Fsp3) is 0.143. The molecular formula is C21H17ClN2O2S. The van der Waals surface area contributed by atoms with Crippen LogP contribution in [-0.4, -0.2) is 15.7 Å². The van der Waals surface area contributed by atoms with Crippen LogP contribution in [0.15, 0.2) is 53.6 Å². The third kappa shape index (κ3) is 3.40. The topological polar surface area (TPSA) is 51.1 Å². The summed E-state index contributed by atoms with van der Waals surface area (Å²) >= 11 is 7.29. The number of aromatic nitrogens is 1. The van der Waals surface area contributed by atoms with Gasteiger partial charge in [-0.2, -0.15) is 0 Å². The summed E-state index contributed by atoms with van der Waals surface area (Å²) in [5.41, 5.74) is 4.30. The highest BCUT2D eigenvalue weighted by molar-refractivity contribution is 8.18. The maximum atomic E-state index is 11.9. The number of nitrogens with zero attached hydrogens (tertiary/aromatic N) is 1. The first-order chi connectivity index (χ1) is 13.1. The van der Waals surface area contributed by atoms with E-state index < -0.39 is 0 Å². The molecule has 27 heavy (non-hydrogen) atoms. The van der Waals surface area contributed by atoms with Gasteiger partial charge in [-0.25, -0.2) is 0 Å². The monoisotopic (exact) mass is 396 g/mol. The molecule has 0 aliphatic carbocycles. The number of benzene rings is 2. The van der Waals surface area contributed by atoms with E-state index in [0.29, 0.717) is 11.4 Å². The van der Waals surface area contributed by atoms with Crippen molar-refractivity contribution < 1.29 is 9.59 Å². The number of amides is 2. The zero-order chi connectivity index (χ0) is 19.0. The number of para-hydroxylation sites is 1. The molecule has 4 rings (SSSR count). The summed E-state index contributed by atoms with van der Waals surface area (Å²) in [6.45, 7) is 2.76. The van der Waals surface area contributed by atoms with Crippen LogP contribution in [0, 0.1) is 0 Å². The lowest BCUT2D eigenvalue weighted by atomic mass is 10.1. The number of fused-ring (bicyclic) bond motifs is 1. The fourth-order valence-corrected chi connectivity index (χ4v) is 4.23. The molecule has 0 saturated carbocycles. The van der Waals surface area contributed by atoms with Crippen LogP contribution < -0.4 is 5.32 Å². The minimum Gasteiger partial charge on any atom is -0.342 e. The number of thioether (sulfide) groups is 1. The summed E-state index contributed by atoms with van der Waals surface area (Å²) in [5, 5.41) is 3.75. The van der Waals surface area contributed by atoms with E-state index >= 15 is 0 Å². The van der Waals surface area contributed by atoms with Gasteiger partial charge in [-0.3, -0.25) is 14.9 Å². The number of nitrogens with one attached hydrogen (secondary N) is 1. The van der Waals surface area contributed by atoms with Gasteiger partial charge in [0, 0.05) is 28.7 Å². The molecule has 2 amide bonds. The first kappa shape index (κ1) is 17.9. The van der Waals surface area contributed by atoms with Gasteiger partial charge in [-0.05, 0) is 41.5 Å². The van der Waals surface area contributed by atoms with Crippen molar-refractivity contribution in [1.29, 1.82) is 0 Å². The Morgan fingerprint density at radius 3 is 2.59 bits per heavy atom. The van der Waals surface area contributed by atoms with Crippen molar-refractivity contribution in [2.45, 2.75) is 19.9 Å². The Hall–Kier alpha value is -2.50. The fourth-order valence-electron chi connectivity index (χ4n) is 3.36. The molecule has 1 saturated heterocycles. The van der Waals surface area contributed by atoms with Gasteiger partial charge in [0.05, 0.1) is 10.4 Å². The molecule has 0 unspecified atom stereocenters. The lowest BCUT2D eigenvalue weighted by molar-refractivity contribution is -0.115. The molecule has 6 heteroatoms. The normalized spacial score (nSPS) is 15.7. The Bertz CT molecular complexity index is 1100. The highest BCUT2D eigenvalue weighted by Gasteiger charge is 2.25. The van der Waals surface area contributed by atoms with Crippen LogP contribution in [0.25, 0.3) is 17.0 Å². The number of carbonyl (C=O) groups excluding carboxylic acids is 2. The molecule has 2 aromatic carbocycles. The number of halogens is 1. The van der Waals surface area contributed by atoms with E-state index in [9.17, 15) is 9.59 Å². The Morgan fingerprint density at radius 2 is 1.89 bits per heavy atom. The van der Waals surface area contributed by atoms with E-state index in [2.05, 4.69) is 22.9 Å². The molecule has 2 heterocycles. The zero-order valence-electron chi connectivity index (χ0n) is 14.7. The van der Waals surface area contributed by atoms with Gasteiger partial charge in [-0.15, -0.1) is 0 Å². The van der Waals surface area contributed by atoms with Gasteiger partial charge in [0.2, 0.25) is 0 Å². The van der Waals surface area contributed by atoms with E-state index in [-0.39, 0.29) is 11.1 Å². The van der Waals surface area contributed by atoms with Gasteiger partial charge in [0.15, 0.2) is 0 Å². The quantitative estimate of drug-likeness (QED) is 0.614. The Balaban J connectivity index is 1.86. The van der Waals surface area contributed by atoms with Crippen LogP contribution >= 0.6 is 23.4 Å². The minimum atomic E-state index is -0.344. The largest absolute Gasteiger partial charge is 0.342 e. The number of hydrogen-bond donors (Lipinski definition) is 1. The van der Waals surface area contributed by atoms with Gasteiger partial charge in [0.1, 0.15) is 0 Å². The van der Waals surface area contributed by atoms with Crippen LogP contribution in [0.4, 0.5) is 4.79 Å². The molecule has 4 nitrogen and oxygen atoms in total. The second-order valence-electron chi connectivity index (χ2n) is 6.32. The molecular weight excluding hydrogens is 380 g/mol.